The van der Waals surface area contributed by atoms with Crippen LogP contribution in [0.2, 0.25) is 0 Å². The zero-order valence-electron chi connectivity index (χ0n) is 9.11. The number of aliphatic carboxylic acids is 1. The van der Waals surface area contributed by atoms with Gasteiger partial charge in [-0.1, -0.05) is 0 Å². The van der Waals surface area contributed by atoms with E-state index in [2.05, 4.69) is 9.47 Å². The summed E-state index contributed by atoms with van der Waals surface area (Å²) in [6, 6.07) is 0. The maximum absolute atomic E-state index is 10.2. The number of ether oxygens (including phenoxy) is 2. The monoisotopic (exact) mass is 220 g/mol. The second-order valence-corrected chi connectivity index (χ2v) is 2.55. The Kier molecular flexibility index (Phi) is 11.1. The molecule has 6 heteroatoms. The van der Waals surface area contributed by atoms with Gasteiger partial charge in [-0.05, 0) is 0 Å². The van der Waals surface area contributed by atoms with Crippen molar-refractivity contribution >= 4 is 17.9 Å². The average molecular weight is 220 g/mol. The molecule has 0 heterocycles. The molecule has 15 heavy (non-hydrogen) atoms. The number of rotatable bonds is 4. The number of carboxylic acid groups (broad SMARTS) is 1. The van der Waals surface area contributed by atoms with Crippen molar-refractivity contribution in [3.63, 3.8) is 0 Å². The Balaban J connectivity index is 0. The minimum absolute atomic E-state index is 0.308. The lowest BCUT2D eigenvalue weighted by atomic mass is 10.5. The van der Waals surface area contributed by atoms with Crippen molar-refractivity contribution in [3.8, 4) is 0 Å². The third-order valence-electron chi connectivity index (χ3n) is 0.899. The summed E-state index contributed by atoms with van der Waals surface area (Å²) in [5.41, 5.74) is 0. The van der Waals surface area contributed by atoms with Crippen molar-refractivity contribution in [2.75, 3.05) is 13.2 Å². The van der Waals surface area contributed by atoms with Crippen LogP contribution in [0.4, 0.5) is 0 Å². The Morgan fingerprint density at radius 1 is 0.933 bits per heavy atom. The van der Waals surface area contributed by atoms with Gasteiger partial charge in [0, 0.05) is 27.2 Å². The molecule has 0 amide bonds. The summed E-state index contributed by atoms with van der Waals surface area (Å²) in [5.74, 6) is -1.46. The highest BCUT2D eigenvalue weighted by Gasteiger charge is 1.94. The van der Waals surface area contributed by atoms with Gasteiger partial charge in [0.25, 0.3) is 5.97 Å². The predicted octanol–water partition coefficient (Wildman–Crippen LogP) is 0.594. The van der Waals surface area contributed by atoms with E-state index in [0.717, 1.165) is 6.92 Å². The van der Waals surface area contributed by atoms with Crippen molar-refractivity contribution in [2.45, 2.75) is 27.2 Å². The first-order chi connectivity index (χ1) is 6.86. The second kappa shape index (κ2) is 10.5. The van der Waals surface area contributed by atoms with Crippen molar-refractivity contribution in [1.82, 2.24) is 0 Å². The van der Waals surface area contributed by atoms with Gasteiger partial charge in [-0.2, -0.15) is 0 Å². The van der Waals surface area contributed by atoms with Crippen molar-refractivity contribution in [3.05, 3.63) is 0 Å². The lowest BCUT2D eigenvalue weighted by Gasteiger charge is -2.01. The van der Waals surface area contributed by atoms with Crippen LogP contribution in [0.25, 0.3) is 0 Å². The molecular formula is C9H16O6. The molecule has 0 aromatic rings. The highest BCUT2D eigenvalue weighted by atomic mass is 16.5. The second-order valence-electron chi connectivity index (χ2n) is 2.55. The number of carbonyl (C=O) groups is 3. The molecule has 0 aliphatic rings. The number of carbonyl (C=O) groups excluding carboxylic acids is 2. The summed E-state index contributed by atoms with van der Waals surface area (Å²) in [7, 11) is 0. The third-order valence-corrected chi connectivity index (χ3v) is 0.899. The molecule has 0 spiro atoms. The van der Waals surface area contributed by atoms with E-state index in [0.29, 0.717) is 19.6 Å². The van der Waals surface area contributed by atoms with Crippen molar-refractivity contribution in [1.29, 1.82) is 0 Å². The average Bonchev–Trinajstić information content (AvgIpc) is 2.01. The normalized spacial score (nSPS) is 8.20. The fraction of sp³-hybridized carbons (Fsp3) is 0.667. The van der Waals surface area contributed by atoms with E-state index in [1.807, 2.05) is 0 Å². The standard InChI is InChI=1S/C7H12O4.C2H4O2/c1-6(8)10-4-3-5-11-7(2)9;1-2(3)4/h3-5H2,1-2H3;1H3,(H,3,4). The number of hydrogen-bond donors (Lipinski definition) is 1. The van der Waals surface area contributed by atoms with Crippen LogP contribution < -0.4 is 0 Å². The molecule has 6 nitrogen and oxygen atoms in total. The zero-order chi connectivity index (χ0) is 12.3. The van der Waals surface area contributed by atoms with Crippen LogP contribution >= 0.6 is 0 Å². The smallest absolute Gasteiger partial charge is 0.302 e. The van der Waals surface area contributed by atoms with Gasteiger partial charge in [0.15, 0.2) is 0 Å². The van der Waals surface area contributed by atoms with Crippen LogP contribution in [0.15, 0.2) is 0 Å². The van der Waals surface area contributed by atoms with Crippen LogP contribution in [-0.4, -0.2) is 36.2 Å². The fourth-order valence-electron chi connectivity index (χ4n) is 0.491. The highest BCUT2D eigenvalue weighted by molar-refractivity contribution is 5.66. The number of carboxylic acids is 1. The Labute approximate surface area is 88.2 Å². The maximum Gasteiger partial charge on any atom is 0.302 e. The van der Waals surface area contributed by atoms with E-state index < -0.39 is 5.97 Å². The summed E-state index contributed by atoms with van der Waals surface area (Å²) in [4.78, 5) is 29.4. The Bertz CT molecular complexity index is 191. The summed E-state index contributed by atoms with van der Waals surface area (Å²) in [5, 5.41) is 7.42. The Hall–Kier alpha value is -1.59. The van der Waals surface area contributed by atoms with Crippen LogP contribution in [0, 0.1) is 0 Å². The molecule has 0 aliphatic carbocycles. The largest absolute Gasteiger partial charge is 0.481 e. The first-order valence-electron chi connectivity index (χ1n) is 4.32. The minimum Gasteiger partial charge on any atom is -0.481 e. The Morgan fingerprint density at radius 2 is 1.20 bits per heavy atom. The van der Waals surface area contributed by atoms with Gasteiger partial charge in [-0.15, -0.1) is 0 Å². The van der Waals surface area contributed by atoms with Crippen molar-refractivity contribution < 1.29 is 29.0 Å². The highest BCUT2D eigenvalue weighted by Crippen LogP contribution is 1.85. The van der Waals surface area contributed by atoms with Gasteiger partial charge in [-0.25, -0.2) is 0 Å². The molecule has 0 saturated carbocycles. The molecule has 0 unspecified atom stereocenters. The molecule has 0 radical (unpaired) electrons. The molecule has 1 N–H and O–H groups in total. The Morgan fingerprint density at radius 3 is 1.40 bits per heavy atom. The molecule has 0 fully saturated rings. The van der Waals surface area contributed by atoms with Gasteiger partial charge >= 0.3 is 11.9 Å². The zero-order valence-corrected chi connectivity index (χ0v) is 9.11. The summed E-state index contributed by atoms with van der Waals surface area (Å²) >= 11 is 0. The number of hydrogen-bond acceptors (Lipinski definition) is 5. The molecule has 0 aliphatic heterocycles. The lowest BCUT2D eigenvalue weighted by molar-refractivity contribution is -0.143. The summed E-state index contributed by atoms with van der Waals surface area (Å²) < 4.78 is 9.19. The van der Waals surface area contributed by atoms with Gasteiger partial charge in [0.1, 0.15) is 0 Å². The molecule has 0 saturated heterocycles. The third kappa shape index (κ3) is 32.7. The first-order valence-corrected chi connectivity index (χ1v) is 4.32. The van der Waals surface area contributed by atoms with Gasteiger partial charge in [-0.3, -0.25) is 14.4 Å². The van der Waals surface area contributed by atoms with E-state index in [1.165, 1.54) is 13.8 Å². The fourth-order valence-corrected chi connectivity index (χ4v) is 0.491. The molecule has 0 aromatic heterocycles. The van der Waals surface area contributed by atoms with Crippen molar-refractivity contribution in [2.24, 2.45) is 0 Å². The van der Waals surface area contributed by atoms with E-state index in [1.54, 1.807) is 0 Å². The quantitative estimate of drug-likeness (QED) is 0.551. The van der Waals surface area contributed by atoms with Gasteiger partial charge in [0.2, 0.25) is 0 Å². The van der Waals surface area contributed by atoms with Crippen LogP contribution in [-0.2, 0) is 23.9 Å². The van der Waals surface area contributed by atoms with E-state index >= 15 is 0 Å². The summed E-state index contributed by atoms with van der Waals surface area (Å²) in [6.45, 7) is 4.38. The summed E-state index contributed by atoms with van der Waals surface area (Å²) in [6.07, 6.45) is 0.555. The van der Waals surface area contributed by atoms with Gasteiger partial charge in [0.05, 0.1) is 13.2 Å². The van der Waals surface area contributed by atoms with E-state index in [9.17, 15) is 9.59 Å². The van der Waals surface area contributed by atoms with Crippen LogP contribution in [0.3, 0.4) is 0 Å². The van der Waals surface area contributed by atoms with Crippen LogP contribution in [0.5, 0.6) is 0 Å². The van der Waals surface area contributed by atoms with E-state index in [-0.39, 0.29) is 11.9 Å². The maximum atomic E-state index is 10.2. The lowest BCUT2D eigenvalue weighted by Crippen LogP contribution is -2.06. The molecule has 0 bridgehead atoms. The van der Waals surface area contributed by atoms with E-state index in [4.69, 9.17) is 9.90 Å². The molecule has 0 rings (SSSR count). The molecule has 88 valence electrons. The van der Waals surface area contributed by atoms with Gasteiger partial charge < -0.3 is 14.6 Å². The van der Waals surface area contributed by atoms with Crippen LogP contribution in [0.1, 0.15) is 27.2 Å². The SMILES string of the molecule is CC(=O)O.CC(=O)OCCCOC(C)=O. The predicted molar refractivity (Wildman–Crippen MR) is 51.2 cm³/mol. The molecule has 0 aromatic carbocycles. The minimum atomic E-state index is -0.833. The molecular weight excluding hydrogens is 204 g/mol. The first kappa shape index (κ1) is 15.9. The number of esters is 2. The molecule has 0 atom stereocenters. The topological polar surface area (TPSA) is 89.9 Å².